The molecule has 140 valence electrons. The summed E-state index contributed by atoms with van der Waals surface area (Å²) in [6.07, 6.45) is 1.82. The third-order valence-corrected chi connectivity index (χ3v) is 4.72. The van der Waals surface area contributed by atoms with Crippen LogP contribution in [0, 0.1) is 11.3 Å². The first-order chi connectivity index (χ1) is 11.1. The first-order valence-corrected chi connectivity index (χ1v) is 9.04. The van der Waals surface area contributed by atoms with E-state index in [1.54, 1.807) is 13.8 Å². The maximum Gasteiger partial charge on any atom is 0.322 e. The van der Waals surface area contributed by atoms with Gasteiger partial charge in [0.1, 0.15) is 6.04 Å². The summed E-state index contributed by atoms with van der Waals surface area (Å²) in [5.41, 5.74) is -0.0947. The van der Waals surface area contributed by atoms with Gasteiger partial charge >= 0.3 is 5.97 Å². The van der Waals surface area contributed by atoms with Gasteiger partial charge in [-0.15, -0.1) is 0 Å². The second kappa shape index (κ2) is 9.37. The molecule has 2 atom stereocenters. The predicted molar refractivity (Wildman–Crippen MR) is 95.7 cm³/mol. The summed E-state index contributed by atoms with van der Waals surface area (Å²) in [6.45, 7) is 12.7. The molecule has 1 rings (SSSR count). The van der Waals surface area contributed by atoms with E-state index in [1.165, 1.54) is 0 Å². The van der Waals surface area contributed by atoms with Crippen LogP contribution in [0.3, 0.4) is 0 Å². The zero-order valence-electron chi connectivity index (χ0n) is 16.1. The van der Waals surface area contributed by atoms with Crippen LogP contribution in [0.4, 0.5) is 0 Å². The molecule has 0 spiro atoms. The van der Waals surface area contributed by atoms with Crippen molar-refractivity contribution >= 4 is 11.9 Å². The predicted octanol–water partition coefficient (Wildman–Crippen LogP) is 1.40. The molecule has 1 saturated heterocycles. The summed E-state index contributed by atoms with van der Waals surface area (Å²) in [6, 6.07) is -0.420. The van der Waals surface area contributed by atoms with E-state index in [9.17, 15) is 9.59 Å². The van der Waals surface area contributed by atoms with Crippen LogP contribution < -0.4 is 10.6 Å². The molecule has 1 amide bonds. The molecule has 0 bridgehead atoms. The van der Waals surface area contributed by atoms with E-state index in [-0.39, 0.29) is 35.3 Å². The highest BCUT2D eigenvalue weighted by Gasteiger charge is 2.31. The average Bonchev–Trinajstić information content (AvgIpc) is 2.50. The Balaban J connectivity index is 2.56. The van der Waals surface area contributed by atoms with E-state index in [0.717, 1.165) is 25.9 Å². The number of nitrogens with one attached hydrogen (secondary N) is 2. The molecule has 6 nitrogen and oxygen atoms in total. The number of amides is 1. The summed E-state index contributed by atoms with van der Waals surface area (Å²) in [4.78, 5) is 26.6. The first kappa shape index (κ1) is 20.9. The molecular weight excluding hydrogens is 306 g/mol. The minimum Gasteiger partial charge on any atom is -0.465 e. The Labute approximate surface area is 146 Å². The van der Waals surface area contributed by atoms with Crippen molar-refractivity contribution in [3.8, 4) is 0 Å². The lowest BCUT2D eigenvalue weighted by atomic mass is 9.85. The van der Waals surface area contributed by atoms with E-state index in [2.05, 4.69) is 43.4 Å². The first-order valence-electron chi connectivity index (χ1n) is 9.04. The number of likely N-dealkylation sites (tertiary alicyclic amines) is 1. The Hall–Kier alpha value is -1.14. The maximum absolute atomic E-state index is 12.6. The number of rotatable bonds is 7. The Morgan fingerprint density at radius 1 is 1.25 bits per heavy atom. The molecule has 24 heavy (non-hydrogen) atoms. The molecule has 0 aromatic rings. The number of nitrogens with zero attached hydrogens (tertiary/aromatic N) is 1. The number of piperidine rings is 1. The summed E-state index contributed by atoms with van der Waals surface area (Å²) >= 11 is 0. The number of ether oxygens (including phenoxy) is 1. The number of esters is 1. The van der Waals surface area contributed by atoms with E-state index in [1.807, 2.05) is 0 Å². The van der Waals surface area contributed by atoms with Crippen LogP contribution in [0.2, 0.25) is 0 Å². The van der Waals surface area contributed by atoms with Crippen molar-refractivity contribution in [2.75, 3.05) is 33.3 Å². The van der Waals surface area contributed by atoms with Crippen molar-refractivity contribution in [3.63, 3.8) is 0 Å². The Kier molecular flexibility index (Phi) is 8.16. The topological polar surface area (TPSA) is 70.7 Å². The van der Waals surface area contributed by atoms with Gasteiger partial charge in [-0.05, 0) is 52.2 Å². The molecule has 0 unspecified atom stereocenters. The third kappa shape index (κ3) is 6.77. The fourth-order valence-corrected chi connectivity index (χ4v) is 2.78. The highest BCUT2D eigenvalue weighted by Crippen LogP contribution is 2.21. The Morgan fingerprint density at radius 2 is 1.83 bits per heavy atom. The molecular formula is C18H35N3O3. The molecule has 0 radical (unpaired) electrons. The number of carbonyl (C=O) groups excluding carboxylic acids is 2. The minimum atomic E-state index is -0.380. The molecule has 1 fully saturated rings. The molecule has 0 aliphatic carbocycles. The van der Waals surface area contributed by atoms with Crippen molar-refractivity contribution in [1.82, 2.24) is 15.5 Å². The van der Waals surface area contributed by atoms with Crippen LogP contribution >= 0.6 is 0 Å². The molecule has 6 heteroatoms. The average molecular weight is 341 g/mol. The summed E-state index contributed by atoms with van der Waals surface area (Å²) in [5.74, 6) is -0.0334. The van der Waals surface area contributed by atoms with Crippen LogP contribution in [0.5, 0.6) is 0 Å². The summed E-state index contributed by atoms with van der Waals surface area (Å²) in [5, 5.41) is 6.39. The van der Waals surface area contributed by atoms with Crippen LogP contribution in [-0.2, 0) is 14.3 Å². The minimum absolute atomic E-state index is 0.0402. The highest BCUT2D eigenvalue weighted by atomic mass is 16.5. The zero-order valence-corrected chi connectivity index (χ0v) is 16.1. The normalized spacial score (nSPS) is 19.6. The Bertz CT molecular complexity index is 412. The maximum atomic E-state index is 12.6. The van der Waals surface area contributed by atoms with Gasteiger partial charge in [0.05, 0.1) is 6.61 Å². The number of carbonyl (C=O) groups is 2. The van der Waals surface area contributed by atoms with Gasteiger partial charge in [-0.3, -0.25) is 9.59 Å². The largest absolute Gasteiger partial charge is 0.465 e. The molecule has 0 aromatic heterocycles. The lowest BCUT2D eigenvalue weighted by Gasteiger charge is -2.35. The van der Waals surface area contributed by atoms with E-state index >= 15 is 0 Å². The Morgan fingerprint density at radius 3 is 2.33 bits per heavy atom. The van der Waals surface area contributed by atoms with Crippen molar-refractivity contribution in [1.29, 1.82) is 0 Å². The van der Waals surface area contributed by atoms with Crippen LogP contribution in [0.1, 0.15) is 47.5 Å². The van der Waals surface area contributed by atoms with E-state index in [0.29, 0.717) is 13.2 Å². The summed E-state index contributed by atoms with van der Waals surface area (Å²) < 4.78 is 5.01. The molecule has 0 aromatic carbocycles. The van der Waals surface area contributed by atoms with Crippen LogP contribution in [0.15, 0.2) is 0 Å². The van der Waals surface area contributed by atoms with Crippen LogP contribution in [0.25, 0.3) is 0 Å². The van der Waals surface area contributed by atoms with Crippen molar-refractivity contribution in [3.05, 3.63) is 0 Å². The van der Waals surface area contributed by atoms with Crippen molar-refractivity contribution < 1.29 is 14.3 Å². The van der Waals surface area contributed by atoms with Gasteiger partial charge in [0.25, 0.3) is 0 Å². The van der Waals surface area contributed by atoms with E-state index in [4.69, 9.17) is 4.74 Å². The van der Waals surface area contributed by atoms with Crippen molar-refractivity contribution in [2.24, 2.45) is 11.3 Å². The van der Waals surface area contributed by atoms with Gasteiger partial charge in [-0.1, -0.05) is 20.8 Å². The monoisotopic (exact) mass is 341 g/mol. The lowest BCUT2D eigenvalue weighted by Crippen LogP contribution is -2.54. The fraction of sp³-hybridized carbons (Fsp3) is 0.889. The third-order valence-electron chi connectivity index (χ3n) is 4.72. The molecule has 2 N–H and O–H groups in total. The van der Waals surface area contributed by atoms with Crippen molar-refractivity contribution in [2.45, 2.75) is 59.5 Å². The number of hydrogen-bond acceptors (Lipinski definition) is 5. The van der Waals surface area contributed by atoms with E-state index < -0.39 is 0 Å². The van der Waals surface area contributed by atoms with Gasteiger partial charge in [-0.2, -0.15) is 0 Å². The highest BCUT2D eigenvalue weighted by molar-refractivity contribution is 5.79. The SMILES string of the molecule is CCOC(=O)[C@H](C)NC[C@@H](NC(=O)C1CCN(C)CC1)C(C)(C)C. The smallest absolute Gasteiger partial charge is 0.322 e. The molecule has 0 saturated carbocycles. The van der Waals surface area contributed by atoms with Gasteiger partial charge < -0.3 is 20.3 Å². The van der Waals surface area contributed by atoms with Crippen LogP contribution in [-0.4, -0.2) is 62.1 Å². The number of hydrogen-bond donors (Lipinski definition) is 2. The standard InChI is InChI=1S/C18H35N3O3/c1-7-24-17(23)13(2)19-12-15(18(3,4)5)20-16(22)14-8-10-21(6)11-9-14/h13-15,19H,7-12H2,1-6H3,(H,20,22)/t13-,15+/m0/s1. The zero-order chi connectivity index (χ0) is 18.3. The van der Waals surface area contributed by atoms with Gasteiger partial charge in [-0.25, -0.2) is 0 Å². The van der Waals surface area contributed by atoms with Gasteiger partial charge in [0, 0.05) is 18.5 Å². The second-order valence-electron chi connectivity index (χ2n) is 7.89. The fourth-order valence-electron chi connectivity index (χ4n) is 2.78. The molecule has 1 aliphatic rings. The van der Waals surface area contributed by atoms with Gasteiger partial charge in [0.15, 0.2) is 0 Å². The van der Waals surface area contributed by atoms with Gasteiger partial charge in [0.2, 0.25) is 5.91 Å². The molecule has 1 heterocycles. The molecule has 1 aliphatic heterocycles. The lowest BCUT2D eigenvalue weighted by molar-refractivity contribution is -0.145. The quantitative estimate of drug-likeness (QED) is 0.685. The second-order valence-corrected chi connectivity index (χ2v) is 7.89. The summed E-state index contributed by atoms with van der Waals surface area (Å²) in [7, 11) is 2.09.